The van der Waals surface area contributed by atoms with Crippen molar-refractivity contribution in [1.29, 1.82) is 0 Å². The quantitative estimate of drug-likeness (QED) is 0.509. The summed E-state index contributed by atoms with van der Waals surface area (Å²) in [4.78, 5) is 27.6. The minimum Gasteiger partial charge on any atom is -0.490 e. The largest absolute Gasteiger partial charge is 0.490 e. The van der Waals surface area contributed by atoms with Gasteiger partial charge in [-0.3, -0.25) is 10.1 Å². The minimum atomic E-state index is -3.78. The molecule has 0 radical (unpaired) electrons. The number of fused-ring (bicyclic) bond motifs is 2. The first-order chi connectivity index (χ1) is 17.9. The summed E-state index contributed by atoms with van der Waals surface area (Å²) in [7, 11) is -3.78. The lowest BCUT2D eigenvalue weighted by atomic mass is 10.1. The topological polar surface area (TPSA) is 117 Å². The molecule has 2 N–H and O–H groups in total. The van der Waals surface area contributed by atoms with Crippen LogP contribution in [0.15, 0.2) is 47.4 Å². The molecule has 1 aromatic heterocycles. The maximum absolute atomic E-state index is 13.6. The molecule has 3 heterocycles. The molecule has 2 aromatic carbocycles. The van der Waals surface area contributed by atoms with Crippen LogP contribution in [0.5, 0.6) is 11.5 Å². The molecule has 12 heteroatoms. The number of carbonyl (C=O) groups excluding carboxylic acids is 2. The van der Waals surface area contributed by atoms with Gasteiger partial charge in [-0.25, -0.2) is 13.2 Å². The number of nitrogens with one attached hydrogen (secondary N) is 2. The van der Waals surface area contributed by atoms with E-state index in [9.17, 15) is 18.0 Å². The van der Waals surface area contributed by atoms with Gasteiger partial charge in [-0.15, -0.1) is 11.3 Å². The van der Waals surface area contributed by atoms with Crippen LogP contribution in [0.2, 0.25) is 0 Å². The average Bonchev–Trinajstić information content (AvgIpc) is 3.08. The smallest absolute Gasteiger partial charge is 0.319 e. The second-order valence-corrected chi connectivity index (χ2v) is 11.6. The van der Waals surface area contributed by atoms with Crippen LogP contribution in [0.25, 0.3) is 10.1 Å². The van der Waals surface area contributed by atoms with E-state index in [1.54, 1.807) is 11.0 Å². The fourth-order valence-corrected chi connectivity index (χ4v) is 6.92. The Morgan fingerprint density at radius 3 is 2.49 bits per heavy atom. The molecule has 0 unspecified atom stereocenters. The van der Waals surface area contributed by atoms with Crippen molar-refractivity contribution in [2.45, 2.75) is 18.2 Å². The van der Waals surface area contributed by atoms with Crippen LogP contribution in [-0.4, -0.2) is 75.5 Å². The molecular formula is C25H28N4O6S2. The molecule has 2 aliphatic heterocycles. The van der Waals surface area contributed by atoms with Crippen LogP contribution in [-0.2, 0) is 10.0 Å². The molecule has 0 spiro atoms. The first-order valence-electron chi connectivity index (χ1n) is 12.1. The lowest BCUT2D eigenvalue weighted by molar-refractivity contribution is 0.0701. The number of hydrogen-bond acceptors (Lipinski definition) is 7. The number of urea groups is 1. The van der Waals surface area contributed by atoms with Gasteiger partial charge >= 0.3 is 6.03 Å². The van der Waals surface area contributed by atoms with Crippen molar-refractivity contribution in [3.05, 3.63) is 48.0 Å². The van der Waals surface area contributed by atoms with Gasteiger partial charge in [0.25, 0.3) is 5.91 Å². The number of piperazine rings is 1. The van der Waals surface area contributed by atoms with E-state index in [0.717, 1.165) is 16.5 Å². The number of carbonyl (C=O) groups is 2. The summed E-state index contributed by atoms with van der Waals surface area (Å²) in [6, 6.07) is 11.8. The second kappa shape index (κ2) is 10.6. The summed E-state index contributed by atoms with van der Waals surface area (Å²) >= 11 is 1.34. The van der Waals surface area contributed by atoms with Crippen molar-refractivity contribution in [1.82, 2.24) is 14.5 Å². The van der Waals surface area contributed by atoms with E-state index in [1.165, 1.54) is 27.8 Å². The summed E-state index contributed by atoms with van der Waals surface area (Å²) in [5.74, 6) is 0.715. The number of ether oxygens (including phenoxy) is 2. The summed E-state index contributed by atoms with van der Waals surface area (Å²) in [6.07, 6.45) is 0.729. The summed E-state index contributed by atoms with van der Waals surface area (Å²) < 4.78 is 40.2. The molecule has 0 bridgehead atoms. The van der Waals surface area contributed by atoms with Crippen LogP contribution in [0, 0.1) is 0 Å². The van der Waals surface area contributed by atoms with E-state index in [-0.39, 0.29) is 43.0 Å². The Balaban J connectivity index is 1.33. The molecule has 0 saturated carbocycles. The molecule has 10 nitrogen and oxygen atoms in total. The maximum atomic E-state index is 13.6. The fourth-order valence-electron chi connectivity index (χ4n) is 4.40. The van der Waals surface area contributed by atoms with Crippen molar-refractivity contribution < 1.29 is 27.5 Å². The van der Waals surface area contributed by atoms with Gasteiger partial charge in [0.2, 0.25) is 10.0 Å². The summed E-state index contributed by atoms with van der Waals surface area (Å²) in [6.45, 7) is 4.03. The Kier molecular flexibility index (Phi) is 7.22. The highest BCUT2D eigenvalue weighted by Gasteiger charge is 2.33. The van der Waals surface area contributed by atoms with Crippen LogP contribution in [0.4, 0.5) is 9.80 Å². The fraction of sp³-hybridized carbons (Fsp3) is 0.360. The zero-order chi connectivity index (χ0) is 26.0. The van der Waals surface area contributed by atoms with Gasteiger partial charge in [-0.1, -0.05) is 18.2 Å². The molecule has 2 aliphatic rings. The molecule has 0 atom stereocenters. The predicted molar refractivity (Wildman–Crippen MR) is 141 cm³/mol. The van der Waals surface area contributed by atoms with E-state index in [2.05, 4.69) is 10.6 Å². The molecule has 1 saturated heterocycles. The molecule has 3 aromatic rings. The van der Waals surface area contributed by atoms with Gasteiger partial charge in [0, 0.05) is 55.3 Å². The predicted octanol–water partition coefficient (Wildman–Crippen LogP) is 3.35. The maximum Gasteiger partial charge on any atom is 0.319 e. The second-order valence-electron chi connectivity index (χ2n) is 8.64. The highest BCUT2D eigenvalue weighted by molar-refractivity contribution is 7.89. The molecule has 196 valence electrons. The van der Waals surface area contributed by atoms with E-state index in [0.29, 0.717) is 41.8 Å². The zero-order valence-electron chi connectivity index (χ0n) is 20.4. The first-order valence-corrected chi connectivity index (χ1v) is 14.4. The number of amides is 3. The van der Waals surface area contributed by atoms with Gasteiger partial charge in [0.05, 0.1) is 23.7 Å². The third-order valence-electron chi connectivity index (χ3n) is 6.26. The third kappa shape index (κ3) is 5.09. The minimum absolute atomic E-state index is 0.133. The van der Waals surface area contributed by atoms with Gasteiger partial charge in [-0.05, 0) is 25.1 Å². The van der Waals surface area contributed by atoms with E-state index in [4.69, 9.17) is 9.47 Å². The van der Waals surface area contributed by atoms with E-state index >= 15 is 0 Å². The number of sulfonamides is 1. The van der Waals surface area contributed by atoms with Gasteiger partial charge in [0.1, 0.15) is 5.00 Å². The van der Waals surface area contributed by atoms with Crippen LogP contribution < -0.4 is 20.1 Å². The van der Waals surface area contributed by atoms with Gasteiger partial charge in [-0.2, -0.15) is 4.31 Å². The number of nitrogens with zero attached hydrogens (tertiary/aromatic N) is 2. The summed E-state index contributed by atoms with van der Waals surface area (Å²) in [5, 5.41) is 6.71. The van der Waals surface area contributed by atoms with E-state index < -0.39 is 10.0 Å². The highest BCUT2D eigenvalue weighted by atomic mass is 32.2. The Morgan fingerprint density at radius 1 is 1.00 bits per heavy atom. The first kappa shape index (κ1) is 25.3. The average molecular weight is 545 g/mol. The van der Waals surface area contributed by atoms with Crippen molar-refractivity contribution in [2.24, 2.45) is 0 Å². The van der Waals surface area contributed by atoms with Crippen molar-refractivity contribution in [3.8, 4) is 11.5 Å². The number of benzene rings is 2. The van der Waals surface area contributed by atoms with Crippen molar-refractivity contribution >= 4 is 48.4 Å². The molecule has 5 rings (SSSR count). The SMILES string of the molecule is CCNC(=O)Nc1sc2ccccc2c1C(=O)N1CCN(S(=O)(=O)c2ccc3c(c2)OCCCO3)CC1. The molecule has 37 heavy (non-hydrogen) atoms. The van der Waals surface area contributed by atoms with Crippen LogP contribution >= 0.6 is 11.3 Å². The Labute approximate surface area is 219 Å². The number of thiophene rings is 1. The normalized spacial score (nSPS) is 16.3. The number of rotatable bonds is 5. The molecular weight excluding hydrogens is 516 g/mol. The van der Waals surface area contributed by atoms with Crippen molar-refractivity contribution in [2.75, 3.05) is 51.3 Å². The molecule has 0 aliphatic carbocycles. The lowest BCUT2D eigenvalue weighted by Gasteiger charge is -2.34. The van der Waals surface area contributed by atoms with Crippen LogP contribution in [0.1, 0.15) is 23.7 Å². The Bertz CT molecular complexity index is 1430. The lowest BCUT2D eigenvalue weighted by Crippen LogP contribution is -2.50. The zero-order valence-corrected chi connectivity index (χ0v) is 22.0. The Hall–Kier alpha value is -3.35. The molecule has 1 fully saturated rings. The molecule has 3 amide bonds. The summed E-state index contributed by atoms with van der Waals surface area (Å²) in [5.41, 5.74) is 0.422. The highest BCUT2D eigenvalue weighted by Crippen LogP contribution is 2.37. The Morgan fingerprint density at radius 2 is 1.73 bits per heavy atom. The number of anilines is 1. The standard InChI is InChI=1S/C25H28N4O6S2/c1-2-26-25(31)27-23-22(18-6-3-4-7-21(18)36-23)24(30)28-10-12-29(13-11-28)37(32,33)17-8-9-19-20(16-17)35-15-5-14-34-19/h3-4,6-9,16H,2,5,10-15H2,1H3,(H2,26,27,31). The van der Waals surface area contributed by atoms with Crippen LogP contribution in [0.3, 0.4) is 0 Å². The third-order valence-corrected chi connectivity index (χ3v) is 9.24. The van der Waals surface area contributed by atoms with Crippen molar-refractivity contribution in [3.63, 3.8) is 0 Å². The number of hydrogen-bond donors (Lipinski definition) is 2. The van der Waals surface area contributed by atoms with Gasteiger partial charge < -0.3 is 19.7 Å². The monoisotopic (exact) mass is 544 g/mol. The van der Waals surface area contributed by atoms with Gasteiger partial charge in [0.15, 0.2) is 11.5 Å². The van der Waals surface area contributed by atoms with E-state index in [1.807, 2.05) is 31.2 Å².